The van der Waals surface area contributed by atoms with Gasteiger partial charge in [-0.1, -0.05) is 12.1 Å². The van der Waals surface area contributed by atoms with Gasteiger partial charge in [-0.05, 0) is 43.9 Å². The first-order valence-electron chi connectivity index (χ1n) is 8.69. The summed E-state index contributed by atoms with van der Waals surface area (Å²) >= 11 is 0. The van der Waals surface area contributed by atoms with Gasteiger partial charge in [-0.3, -0.25) is 4.79 Å². The van der Waals surface area contributed by atoms with E-state index in [0.29, 0.717) is 23.3 Å². The van der Waals surface area contributed by atoms with Gasteiger partial charge in [0.05, 0.1) is 6.10 Å². The van der Waals surface area contributed by atoms with Crippen LogP contribution in [0.3, 0.4) is 0 Å². The van der Waals surface area contributed by atoms with Crippen molar-refractivity contribution in [2.75, 3.05) is 25.9 Å². The van der Waals surface area contributed by atoms with Crippen molar-refractivity contribution in [3.05, 3.63) is 42.1 Å². The second kappa shape index (κ2) is 8.07. The van der Waals surface area contributed by atoms with Crippen LogP contribution in [0.1, 0.15) is 36.0 Å². The quantitative estimate of drug-likeness (QED) is 0.874. The van der Waals surface area contributed by atoms with E-state index in [9.17, 15) is 4.79 Å². The molecule has 6 heteroatoms. The van der Waals surface area contributed by atoms with Gasteiger partial charge < -0.3 is 15.4 Å². The van der Waals surface area contributed by atoms with Crippen LogP contribution < -0.4 is 5.73 Å². The predicted octanol–water partition coefficient (Wildman–Crippen LogP) is 2.76. The van der Waals surface area contributed by atoms with Crippen LogP contribution in [0.5, 0.6) is 0 Å². The van der Waals surface area contributed by atoms with Crippen LogP contribution in [0.2, 0.25) is 0 Å². The van der Waals surface area contributed by atoms with E-state index in [0.717, 1.165) is 44.4 Å². The minimum Gasteiger partial charge on any atom is -0.384 e. The highest BCUT2D eigenvalue weighted by atomic mass is 16.5. The monoisotopic (exact) mass is 340 g/mol. The van der Waals surface area contributed by atoms with E-state index in [1.165, 1.54) is 0 Å². The van der Waals surface area contributed by atoms with Gasteiger partial charge in [0, 0.05) is 37.5 Å². The van der Waals surface area contributed by atoms with Gasteiger partial charge in [-0.25, -0.2) is 9.97 Å². The molecule has 0 bridgehead atoms. The Hall–Kier alpha value is -2.47. The molecule has 25 heavy (non-hydrogen) atoms. The van der Waals surface area contributed by atoms with Gasteiger partial charge in [0.25, 0.3) is 5.91 Å². The van der Waals surface area contributed by atoms with Crippen molar-refractivity contribution in [2.24, 2.45) is 0 Å². The molecule has 3 rings (SSSR count). The first-order chi connectivity index (χ1) is 12.1. The normalized spacial score (nSPS) is 16.8. The Kier molecular flexibility index (Phi) is 5.60. The molecule has 0 saturated carbocycles. The van der Waals surface area contributed by atoms with Gasteiger partial charge >= 0.3 is 0 Å². The molecule has 1 aliphatic rings. The second-order valence-electron chi connectivity index (χ2n) is 6.39. The van der Waals surface area contributed by atoms with Crippen LogP contribution in [-0.4, -0.2) is 47.1 Å². The number of ether oxygens (including phenoxy) is 1. The molecular formula is C19H24N4O2. The highest BCUT2D eigenvalue weighted by Gasteiger charge is 2.16. The van der Waals surface area contributed by atoms with Gasteiger partial charge in [-0.2, -0.15) is 0 Å². The summed E-state index contributed by atoms with van der Waals surface area (Å²) in [4.78, 5) is 22.7. The second-order valence-corrected chi connectivity index (χ2v) is 6.39. The molecule has 132 valence electrons. The Bertz CT molecular complexity index is 712. The third-order valence-corrected chi connectivity index (χ3v) is 4.46. The molecule has 1 aliphatic heterocycles. The zero-order valence-electron chi connectivity index (χ0n) is 14.5. The number of nitrogens with zero attached hydrogens (tertiary/aromatic N) is 3. The standard InChI is InChI=1S/C19H24N4O2/c1-23(12-2-4-16-5-3-13-25-16)19(24)15-8-6-14(7-9-15)18-21-11-10-17(20)22-18/h6-11,16H,2-5,12-13H2,1H3,(H2,20,21,22)/t16-/m0/s1. The van der Waals surface area contributed by atoms with Crippen molar-refractivity contribution in [3.63, 3.8) is 0 Å². The lowest BCUT2D eigenvalue weighted by Gasteiger charge is -2.18. The summed E-state index contributed by atoms with van der Waals surface area (Å²) in [7, 11) is 1.84. The number of nitrogens with two attached hydrogens (primary N) is 1. The highest BCUT2D eigenvalue weighted by Crippen LogP contribution is 2.18. The SMILES string of the molecule is CN(CCC[C@H]1CCCO1)C(=O)c1ccc(-c2nccc(N)n2)cc1. The Morgan fingerprint density at radius 2 is 2.12 bits per heavy atom. The molecule has 1 fully saturated rings. The molecule has 0 spiro atoms. The van der Waals surface area contributed by atoms with Crippen molar-refractivity contribution in [1.82, 2.24) is 14.9 Å². The molecule has 1 saturated heterocycles. The van der Waals surface area contributed by atoms with Gasteiger partial charge in [0.15, 0.2) is 5.82 Å². The molecule has 2 N–H and O–H groups in total. The fraction of sp³-hybridized carbons (Fsp3) is 0.421. The van der Waals surface area contributed by atoms with Gasteiger partial charge in [0.1, 0.15) is 5.82 Å². The summed E-state index contributed by atoms with van der Waals surface area (Å²) in [6, 6.07) is 8.96. The van der Waals surface area contributed by atoms with E-state index in [-0.39, 0.29) is 5.91 Å². The number of benzene rings is 1. The van der Waals surface area contributed by atoms with Crippen LogP contribution in [0.25, 0.3) is 11.4 Å². The zero-order chi connectivity index (χ0) is 17.6. The lowest BCUT2D eigenvalue weighted by Crippen LogP contribution is -2.28. The predicted molar refractivity (Wildman–Crippen MR) is 97.0 cm³/mol. The van der Waals surface area contributed by atoms with Gasteiger partial charge in [0.2, 0.25) is 0 Å². The third kappa shape index (κ3) is 4.54. The summed E-state index contributed by atoms with van der Waals surface area (Å²) in [5, 5.41) is 0. The number of hydrogen-bond acceptors (Lipinski definition) is 5. The molecule has 1 atom stereocenters. The van der Waals surface area contributed by atoms with Crippen molar-refractivity contribution >= 4 is 11.7 Å². The molecule has 0 radical (unpaired) electrons. The number of nitrogen functional groups attached to an aromatic ring is 1. The van der Waals surface area contributed by atoms with E-state index in [1.54, 1.807) is 29.3 Å². The molecule has 1 amide bonds. The smallest absolute Gasteiger partial charge is 0.253 e. The molecule has 0 unspecified atom stereocenters. The Morgan fingerprint density at radius 3 is 2.80 bits per heavy atom. The van der Waals surface area contributed by atoms with Gasteiger partial charge in [-0.15, -0.1) is 0 Å². The topological polar surface area (TPSA) is 81.3 Å². The molecule has 2 aromatic rings. The number of carbonyl (C=O) groups is 1. The van der Waals surface area contributed by atoms with Crippen molar-refractivity contribution in [1.29, 1.82) is 0 Å². The number of hydrogen-bond donors (Lipinski definition) is 1. The van der Waals surface area contributed by atoms with Crippen molar-refractivity contribution < 1.29 is 9.53 Å². The first kappa shape index (κ1) is 17.4. The van der Waals surface area contributed by atoms with E-state index in [1.807, 2.05) is 19.2 Å². The molecule has 6 nitrogen and oxygen atoms in total. The van der Waals surface area contributed by atoms with E-state index in [4.69, 9.17) is 10.5 Å². The molecule has 0 aliphatic carbocycles. The summed E-state index contributed by atoms with van der Waals surface area (Å²) in [6.07, 6.45) is 6.28. The third-order valence-electron chi connectivity index (χ3n) is 4.46. The van der Waals surface area contributed by atoms with Crippen LogP contribution >= 0.6 is 0 Å². The molecule has 1 aromatic carbocycles. The minimum atomic E-state index is 0.0207. The Labute approximate surface area is 148 Å². The van der Waals surface area contributed by atoms with Crippen molar-refractivity contribution in [2.45, 2.75) is 31.8 Å². The first-order valence-corrected chi connectivity index (χ1v) is 8.69. The summed E-state index contributed by atoms with van der Waals surface area (Å²) in [5.41, 5.74) is 7.18. The van der Waals surface area contributed by atoms with E-state index in [2.05, 4.69) is 9.97 Å². The number of amides is 1. The summed E-state index contributed by atoms with van der Waals surface area (Å²) < 4.78 is 5.62. The Balaban J connectivity index is 1.56. The number of carbonyl (C=O) groups excluding carboxylic acids is 1. The van der Waals surface area contributed by atoms with E-state index < -0.39 is 0 Å². The molecule has 1 aromatic heterocycles. The number of aromatic nitrogens is 2. The molecular weight excluding hydrogens is 316 g/mol. The number of anilines is 1. The fourth-order valence-electron chi connectivity index (χ4n) is 3.02. The zero-order valence-corrected chi connectivity index (χ0v) is 14.5. The average Bonchev–Trinajstić information content (AvgIpc) is 3.14. The fourth-order valence-corrected chi connectivity index (χ4v) is 3.02. The lowest BCUT2D eigenvalue weighted by molar-refractivity contribution is 0.0763. The minimum absolute atomic E-state index is 0.0207. The number of rotatable bonds is 6. The summed E-state index contributed by atoms with van der Waals surface area (Å²) in [6.45, 7) is 1.61. The Morgan fingerprint density at radius 1 is 1.32 bits per heavy atom. The van der Waals surface area contributed by atoms with E-state index >= 15 is 0 Å². The lowest BCUT2D eigenvalue weighted by atomic mass is 10.1. The highest BCUT2D eigenvalue weighted by molar-refractivity contribution is 5.94. The average molecular weight is 340 g/mol. The van der Waals surface area contributed by atoms with Crippen LogP contribution in [-0.2, 0) is 4.74 Å². The van der Waals surface area contributed by atoms with Crippen molar-refractivity contribution in [3.8, 4) is 11.4 Å². The van der Waals surface area contributed by atoms with Crippen LogP contribution in [0.4, 0.5) is 5.82 Å². The largest absolute Gasteiger partial charge is 0.384 e. The molecule has 2 heterocycles. The van der Waals surface area contributed by atoms with Crippen LogP contribution in [0.15, 0.2) is 36.5 Å². The van der Waals surface area contributed by atoms with Crippen LogP contribution in [0, 0.1) is 0 Å². The maximum Gasteiger partial charge on any atom is 0.253 e. The maximum absolute atomic E-state index is 12.5. The summed E-state index contributed by atoms with van der Waals surface area (Å²) in [5.74, 6) is 1.01. The maximum atomic E-state index is 12.5.